The van der Waals surface area contributed by atoms with Crippen LogP contribution in [0.2, 0.25) is 0 Å². The number of halogens is 2. The first-order valence-electron chi connectivity index (χ1n) is 8.57. The number of nitrogens with zero attached hydrogens (tertiary/aromatic N) is 2. The van der Waals surface area contributed by atoms with Crippen molar-refractivity contribution in [1.82, 2.24) is 14.7 Å². The van der Waals surface area contributed by atoms with Gasteiger partial charge in [0.15, 0.2) is 0 Å². The molecule has 0 fully saturated rings. The van der Waals surface area contributed by atoms with E-state index in [0.717, 1.165) is 0 Å². The fraction of sp³-hybridized carbons (Fsp3) is 0.412. The maximum Gasteiger partial charge on any atom is 0.242 e. The van der Waals surface area contributed by atoms with Crippen LogP contribution in [-0.2, 0) is 10.0 Å². The number of hydrogen-bond donors (Lipinski definition) is 4. The van der Waals surface area contributed by atoms with E-state index in [4.69, 9.17) is 16.3 Å². The molecule has 0 radical (unpaired) electrons. The van der Waals surface area contributed by atoms with Crippen molar-refractivity contribution in [1.29, 1.82) is 0 Å². The maximum atomic E-state index is 12.3. The summed E-state index contributed by atoms with van der Waals surface area (Å²) in [7, 11) is -2.60. The van der Waals surface area contributed by atoms with Crippen molar-refractivity contribution in [2.45, 2.75) is 32.5 Å². The lowest BCUT2D eigenvalue weighted by Gasteiger charge is -2.18. The summed E-state index contributed by atoms with van der Waals surface area (Å²) in [6, 6.07) is 0. The third-order valence-corrected chi connectivity index (χ3v) is 6.58. The molecule has 4 N–H and O–H groups in total. The van der Waals surface area contributed by atoms with Crippen molar-refractivity contribution >= 4 is 43.5 Å². The topological polar surface area (TPSA) is 134 Å². The molecule has 12 heteroatoms. The molecule has 0 amide bonds. The van der Waals surface area contributed by atoms with E-state index < -0.39 is 28.8 Å². The van der Waals surface area contributed by atoms with Gasteiger partial charge in [0.05, 0.1) is 28.4 Å². The number of anilines is 1. The molecule has 160 valence electrons. The normalized spacial score (nSPS) is 17.2. The lowest BCUT2D eigenvalue weighted by atomic mass is 10.2. The van der Waals surface area contributed by atoms with Crippen molar-refractivity contribution < 1.29 is 23.4 Å². The zero-order chi connectivity index (χ0) is 21.8. The van der Waals surface area contributed by atoms with Crippen molar-refractivity contribution in [2.24, 2.45) is 0 Å². The third kappa shape index (κ3) is 6.00. The third-order valence-electron chi connectivity index (χ3n) is 4.03. The maximum absolute atomic E-state index is 12.3. The van der Waals surface area contributed by atoms with Crippen LogP contribution in [0.4, 0.5) is 5.95 Å². The Labute approximate surface area is 182 Å². The highest BCUT2D eigenvalue weighted by atomic mass is 79.9. The molecule has 0 saturated carbocycles. The number of nitrogens with one attached hydrogen (secondary N) is 2. The number of sulfonamides is 1. The minimum Gasteiger partial charge on any atom is -0.471 e. The summed E-state index contributed by atoms with van der Waals surface area (Å²) >= 11 is 9.45. The second-order valence-corrected chi connectivity index (χ2v) is 9.27. The minimum atomic E-state index is -3.87. The molecule has 1 aliphatic rings. The Bertz CT molecular complexity index is 963. The number of ether oxygens (including phenoxy) is 1. The molecule has 0 aliphatic heterocycles. The monoisotopic (exact) mass is 508 g/mol. The van der Waals surface area contributed by atoms with E-state index >= 15 is 0 Å². The van der Waals surface area contributed by atoms with Crippen molar-refractivity contribution in [3.05, 3.63) is 44.0 Å². The van der Waals surface area contributed by atoms with Crippen molar-refractivity contribution in [3.63, 3.8) is 0 Å². The van der Waals surface area contributed by atoms with Crippen LogP contribution >= 0.6 is 27.5 Å². The summed E-state index contributed by atoms with van der Waals surface area (Å²) in [5.74, 6) is 0.420. The summed E-state index contributed by atoms with van der Waals surface area (Å²) < 4.78 is 32.9. The smallest absolute Gasteiger partial charge is 0.242 e. The van der Waals surface area contributed by atoms with Gasteiger partial charge in [-0.05, 0) is 42.9 Å². The predicted molar refractivity (Wildman–Crippen MR) is 114 cm³/mol. The Morgan fingerprint density at radius 3 is 2.69 bits per heavy atom. The molecule has 2 rings (SSSR count). The summed E-state index contributed by atoms with van der Waals surface area (Å²) in [6.45, 7) is 2.77. The highest BCUT2D eigenvalue weighted by Crippen LogP contribution is 2.30. The van der Waals surface area contributed by atoms with E-state index in [1.165, 1.54) is 25.4 Å². The predicted octanol–water partition coefficient (Wildman–Crippen LogP) is 2.00. The van der Waals surface area contributed by atoms with E-state index in [1.807, 2.05) is 0 Å². The van der Waals surface area contributed by atoms with Gasteiger partial charge in [0, 0.05) is 17.7 Å². The van der Waals surface area contributed by atoms with E-state index in [1.54, 1.807) is 13.8 Å². The number of aliphatic hydroxyl groups is 2. The SMILES string of the molecule is CNS(=O)(=O)C1=C(CO)C=C(Nc2ncc(Br)c(O[C@H](C)[C@@H](C)O)n2)CC=C1Cl. The first kappa shape index (κ1) is 23.8. The molecule has 1 aromatic heterocycles. The van der Waals surface area contributed by atoms with Gasteiger partial charge < -0.3 is 20.3 Å². The fourth-order valence-electron chi connectivity index (χ4n) is 2.30. The van der Waals surface area contributed by atoms with Crippen LogP contribution in [-0.4, -0.2) is 54.5 Å². The molecule has 29 heavy (non-hydrogen) atoms. The zero-order valence-corrected chi connectivity index (χ0v) is 19.1. The highest BCUT2D eigenvalue weighted by Gasteiger charge is 2.25. The van der Waals surface area contributed by atoms with Gasteiger partial charge >= 0.3 is 0 Å². The van der Waals surface area contributed by atoms with Crippen molar-refractivity contribution in [3.8, 4) is 5.88 Å². The van der Waals surface area contributed by atoms with E-state index in [0.29, 0.717) is 10.2 Å². The summed E-state index contributed by atoms with van der Waals surface area (Å²) in [5.41, 5.74) is 0.641. The van der Waals surface area contributed by atoms with Crippen LogP contribution < -0.4 is 14.8 Å². The standard InChI is InChI=1S/C17H22BrClN4O5S/c1-9(25)10(2)28-16-13(18)7-21-17(23-16)22-12-4-5-14(19)15(11(6-12)8-24)29(26,27)20-3/h5-7,9-10,20,24-25H,4,8H2,1-3H3,(H,21,22,23)/t9-,10-/m1/s1. The van der Waals surface area contributed by atoms with Crippen LogP contribution in [0.5, 0.6) is 5.88 Å². The fourth-order valence-corrected chi connectivity index (χ4v) is 4.10. The van der Waals surface area contributed by atoms with Crippen LogP contribution in [0, 0.1) is 0 Å². The molecule has 0 spiro atoms. The minimum absolute atomic E-state index is 0.00274. The molecular weight excluding hydrogens is 488 g/mol. The summed E-state index contributed by atoms with van der Waals surface area (Å²) in [6.07, 6.45) is 3.55. The molecule has 9 nitrogen and oxygen atoms in total. The van der Waals surface area contributed by atoms with Gasteiger partial charge in [-0.1, -0.05) is 17.7 Å². The van der Waals surface area contributed by atoms with Gasteiger partial charge in [-0.2, -0.15) is 4.98 Å². The molecule has 1 aliphatic carbocycles. The average Bonchev–Trinajstić information content (AvgIpc) is 2.83. The first-order chi connectivity index (χ1) is 13.6. The van der Waals surface area contributed by atoms with Crippen LogP contribution in [0.1, 0.15) is 20.3 Å². The van der Waals surface area contributed by atoms with Gasteiger partial charge in [-0.25, -0.2) is 18.1 Å². The highest BCUT2D eigenvalue weighted by molar-refractivity contribution is 9.10. The number of hydrogen-bond acceptors (Lipinski definition) is 8. The lowest BCUT2D eigenvalue weighted by Crippen LogP contribution is -2.26. The molecule has 2 atom stereocenters. The molecule has 0 bridgehead atoms. The zero-order valence-electron chi connectivity index (χ0n) is 16.0. The number of rotatable bonds is 8. The summed E-state index contributed by atoms with van der Waals surface area (Å²) in [4.78, 5) is 8.23. The largest absolute Gasteiger partial charge is 0.471 e. The van der Waals surface area contributed by atoms with Gasteiger partial charge in [-0.3, -0.25) is 0 Å². The second-order valence-electron chi connectivity index (χ2n) is 6.18. The number of allylic oxidation sites excluding steroid dienone is 2. The van der Waals surface area contributed by atoms with E-state index in [9.17, 15) is 18.6 Å². The Balaban J connectivity index is 2.37. The molecular formula is C17H22BrClN4O5S. The molecule has 1 aromatic rings. The Kier molecular flexibility index (Phi) is 8.20. The number of aliphatic hydroxyl groups excluding tert-OH is 2. The molecule has 0 aromatic carbocycles. The molecule has 0 saturated heterocycles. The van der Waals surface area contributed by atoms with Gasteiger partial charge in [-0.15, -0.1) is 0 Å². The molecule has 0 unspecified atom stereocenters. The second kappa shape index (κ2) is 10.0. The Hall–Kier alpha value is -1.50. The van der Waals surface area contributed by atoms with E-state index in [2.05, 4.69) is 35.9 Å². The van der Waals surface area contributed by atoms with E-state index in [-0.39, 0.29) is 33.8 Å². The van der Waals surface area contributed by atoms with Gasteiger partial charge in [0.1, 0.15) is 11.0 Å². The van der Waals surface area contributed by atoms with Crippen molar-refractivity contribution in [2.75, 3.05) is 19.0 Å². The quantitative estimate of drug-likeness (QED) is 0.418. The van der Waals surface area contributed by atoms with Gasteiger partial charge in [0.2, 0.25) is 21.9 Å². The van der Waals surface area contributed by atoms with Crippen LogP contribution in [0.3, 0.4) is 0 Å². The Morgan fingerprint density at radius 1 is 1.41 bits per heavy atom. The van der Waals surface area contributed by atoms with Gasteiger partial charge in [0.25, 0.3) is 0 Å². The Morgan fingerprint density at radius 2 is 2.10 bits per heavy atom. The number of aromatic nitrogens is 2. The van der Waals surface area contributed by atoms with Crippen LogP contribution in [0.15, 0.2) is 44.0 Å². The first-order valence-corrected chi connectivity index (χ1v) is 11.2. The van der Waals surface area contributed by atoms with Crippen LogP contribution in [0.25, 0.3) is 0 Å². The molecule has 1 heterocycles. The lowest BCUT2D eigenvalue weighted by molar-refractivity contribution is 0.0569. The summed E-state index contributed by atoms with van der Waals surface area (Å²) in [5, 5.41) is 22.3. The average molecular weight is 510 g/mol.